The van der Waals surface area contributed by atoms with Crippen molar-refractivity contribution in [1.82, 2.24) is 4.90 Å². The number of hydrogen-bond acceptors (Lipinski definition) is 2. The third-order valence-electron chi connectivity index (χ3n) is 6.54. The molecule has 3 atom stereocenters. The first kappa shape index (κ1) is 14.6. The number of fused-ring (bicyclic) bond motifs is 4. The number of rotatable bonds is 4. The Morgan fingerprint density at radius 1 is 1.41 bits per heavy atom. The molecule has 1 N–H and O–H groups in total. The molecule has 1 aromatic carbocycles. The number of anilines is 1. The van der Waals surface area contributed by atoms with Crippen LogP contribution in [0.15, 0.2) is 18.2 Å². The lowest BCUT2D eigenvalue weighted by Crippen LogP contribution is -2.58. The fourth-order valence-corrected chi connectivity index (χ4v) is 4.86. The van der Waals surface area contributed by atoms with Gasteiger partial charge in [-0.15, -0.1) is 0 Å². The minimum Gasteiger partial charge on any atom is -0.353 e. The van der Waals surface area contributed by atoms with Crippen LogP contribution in [0.1, 0.15) is 44.2 Å². The van der Waals surface area contributed by atoms with Crippen LogP contribution in [0.25, 0.3) is 0 Å². The van der Waals surface area contributed by atoms with Gasteiger partial charge in [0.05, 0.1) is 5.49 Å². The zero-order valence-corrected chi connectivity index (χ0v) is 14.5. The smallest absolute Gasteiger partial charge is 0.0658 e. The quantitative estimate of drug-likeness (QED) is 0.846. The summed E-state index contributed by atoms with van der Waals surface area (Å²) in [5.74, 6) is 1.72. The number of nitrogens with one attached hydrogen (secondary N) is 1. The summed E-state index contributed by atoms with van der Waals surface area (Å²) in [5, 5.41) is 3.19. The molecular weight excluding hydrogens is 288 g/mol. The zero-order chi connectivity index (χ0) is 15.3. The first-order valence-corrected chi connectivity index (χ1v) is 9.16. The molecule has 1 unspecified atom stereocenters. The highest BCUT2D eigenvalue weighted by Crippen LogP contribution is 2.49. The normalized spacial score (nSPS) is 34.1. The van der Waals surface area contributed by atoms with E-state index in [4.69, 9.17) is 12.2 Å². The molecule has 2 bridgehead atoms. The average molecular weight is 314 g/mol. The van der Waals surface area contributed by atoms with Crippen LogP contribution in [0.5, 0.6) is 0 Å². The fraction of sp³-hybridized carbons (Fsp3) is 0.632. The molecule has 3 aliphatic rings. The number of nitrogens with zero attached hydrogens (tertiary/aromatic N) is 1. The average Bonchev–Trinajstić information content (AvgIpc) is 3.31. The van der Waals surface area contributed by atoms with Crippen molar-refractivity contribution in [3.8, 4) is 0 Å². The van der Waals surface area contributed by atoms with Gasteiger partial charge in [0.1, 0.15) is 0 Å². The van der Waals surface area contributed by atoms with Gasteiger partial charge < -0.3 is 5.32 Å². The standard InChI is InChI=1S/C19H26N2S/c1-13-18-9-15-5-6-16(20-12-22)10-17(15)19(13,2)7-8-21(18)11-14-3-4-14/h5-6,10,12-14,18H,3-4,7-9,11H2,1-2H3,(H,20,22)/t13-,18?,19-/m0/s1. The SMILES string of the molecule is C[C@H]1C2Cc3ccc(NC=S)cc3[C@@]1(C)CCN2CC1CC1. The van der Waals surface area contributed by atoms with E-state index in [1.807, 2.05) is 0 Å². The molecular formula is C19H26N2S. The summed E-state index contributed by atoms with van der Waals surface area (Å²) in [7, 11) is 0. The molecule has 1 saturated carbocycles. The van der Waals surface area contributed by atoms with Gasteiger partial charge in [0.15, 0.2) is 0 Å². The van der Waals surface area contributed by atoms with Crippen molar-refractivity contribution < 1.29 is 0 Å². The van der Waals surface area contributed by atoms with E-state index in [1.165, 1.54) is 38.8 Å². The van der Waals surface area contributed by atoms with E-state index in [0.717, 1.165) is 23.6 Å². The number of benzene rings is 1. The Labute approximate surface area is 139 Å². The second-order valence-electron chi connectivity index (χ2n) is 7.80. The Kier molecular flexibility index (Phi) is 3.54. The molecule has 0 amide bonds. The van der Waals surface area contributed by atoms with E-state index in [-0.39, 0.29) is 0 Å². The van der Waals surface area contributed by atoms with Crippen LogP contribution in [0.4, 0.5) is 5.69 Å². The van der Waals surface area contributed by atoms with Gasteiger partial charge in [-0.05, 0) is 72.7 Å². The molecule has 2 fully saturated rings. The van der Waals surface area contributed by atoms with E-state index in [0.29, 0.717) is 5.41 Å². The highest BCUT2D eigenvalue weighted by atomic mass is 32.1. The Balaban J connectivity index is 1.68. The summed E-state index contributed by atoms with van der Waals surface area (Å²) >= 11 is 4.95. The van der Waals surface area contributed by atoms with E-state index in [1.54, 1.807) is 16.6 Å². The highest BCUT2D eigenvalue weighted by molar-refractivity contribution is 7.79. The predicted molar refractivity (Wildman–Crippen MR) is 96.6 cm³/mol. The largest absolute Gasteiger partial charge is 0.353 e. The molecule has 1 saturated heterocycles. The van der Waals surface area contributed by atoms with Gasteiger partial charge in [0.25, 0.3) is 0 Å². The van der Waals surface area contributed by atoms with Gasteiger partial charge in [-0.3, -0.25) is 4.90 Å². The Morgan fingerprint density at radius 3 is 2.95 bits per heavy atom. The molecule has 0 aromatic heterocycles. The molecule has 22 heavy (non-hydrogen) atoms. The van der Waals surface area contributed by atoms with E-state index >= 15 is 0 Å². The highest BCUT2D eigenvalue weighted by Gasteiger charge is 2.48. The molecule has 3 heteroatoms. The van der Waals surface area contributed by atoms with Gasteiger partial charge in [0.2, 0.25) is 0 Å². The van der Waals surface area contributed by atoms with Gasteiger partial charge in [-0.25, -0.2) is 0 Å². The van der Waals surface area contributed by atoms with Crippen molar-refractivity contribution >= 4 is 23.4 Å². The minimum atomic E-state index is 0.317. The van der Waals surface area contributed by atoms with E-state index in [2.05, 4.69) is 42.3 Å². The maximum atomic E-state index is 4.95. The summed E-state index contributed by atoms with van der Waals surface area (Å²) in [6, 6.07) is 7.59. The van der Waals surface area contributed by atoms with Crippen LogP contribution < -0.4 is 5.32 Å². The van der Waals surface area contributed by atoms with Gasteiger partial charge in [0, 0.05) is 18.3 Å². The number of piperidine rings is 1. The lowest BCUT2D eigenvalue weighted by molar-refractivity contribution is 0.0284. The maximum absolute atomic E-state index is 4.95. The van der Waals surface area contributed by atoms with Crippen LogP contribution in [-0.4, -0.2) is 29.5 Å². The third kappa shape index (κ3) is 2.30. The molecule has 118 valence electrons. The van der Waals surface area contributed by atoms with Gasteiger partial charge in [-0.2, -0.15) is 0 Å². The number of hydrogen-bond donors (Lipinski definition) is 1. The molecule has 1 aliphatic heterocycles. The van der Waals surface area contributed by atoms with Crippen LogP contribution in [0.3, 0.4) is 0 Å². The van der Waals surface area contributed by atoms with E-state index in [9.17, 15) is 0 Å². The first-order chi connectivity index (χ1) is 10.6. The van der Waals surface area contributed by atoms with Crippen molar-refractivity contribution in [3.63, 3.8) is 0 Å². The Morgan fingerprint density at radius 2 is 2.23 bits per heavy atom. The summed E-state index contributed by atoms with van der Waals surface area (Å²) in [5.41, 5.74) is 6.18. The Bertz CT molecular complexity index is 595. The molecule has 2 aliphatic carbocycles. The van der Waals surface area contributed by atoms with Gasteiger partial charge >= 0.3 is 0 Å². The monoisotopic (exact) mass is 314 g/mol. The van der Waals surface area contributed by atoms with Crippen molar-refractivity contribution in [2.24, 2.45) is 11.8 Å². The summed E-state index contributed by atoms with van der Waals surface area (Å²) < 4.78 is 0. The second-order valence-corrected chi connectivity index (χ2v) is 8.04. The number of thiocarbonyl (C=S) groups is 1. The van der Waals surface area contributed by atoms with Crippen LogP contribution in [0.2, 0.25) is 0 Å². The minimum absolute atomic E-state index is 0.317. The van der Waals surface area contributed by atoms with E-state index < -0.39 is 0 Å². The Hall–Kier alpha value is -0.930. The second kappa shape index (κ2) is 5.31. The van der Waals surface area contributed by atoms with Crippen LogP contribution in [0, 0.1) is 11.8 Å². The molecule has 4 rings (SSSR count). The van der Waals surface area contributed by atoms with Gasteiger partial charge in [-0.1, -0.05) is 32.1 Å². The first-order valence-electron chi connectivity index (χ1n) is 8.69. The molecule has 2 nitrogen and oxygen atoms in total. The summed E-state index contributed by atoms with van der Waals surface area (Å²) in [4.78, 5) is 2.80. The van der Waals surface area contributed by atoms with Crippen molar-refractivity contribution in [3.05, 3.63) is 29.3 Å². The predicted octanol–water partition coefficient (Wildman–Crippen LogP) is 3.99. The van der Waals surface area contributed by atoms with Crippen molar-refractivity contribution in [1.29, 1.82) is 0 Å². The zero-order valence-electron chi connectivity index (χ0n) is 13.6. The molecule has 1 heterocycles. The molecule has 0 spiro atoms. The lowest BCUT2D eigenvalue weighted by Gasteiger charge is -2.55. The molecule has 1 aromatic rings. The van der Waals surface area contributed by atoms with Crippen molar-refractivity contribution in [2.45, 2.75) is 51.0 Å². The lowest BCUT2D eigenvalue weighted by atomic mass is 9.59. The third-order valence-corrected chi connectivity index (χ3v) is 6.66. The summed E-state index contributed by atoms with van der Waals surface area (Å²) in [6.07, 6.45) is 5.41. The number of likely N-dealkylation sites (tertiary alicyclic amines) is 1. The maximum Gasteiger partial charge on any atom is 0.0658 e. The van der Waals surface area contributed by atoms with Crippen LogP contribution >= 0.6 is 12.2 Å². The van der Waals surface area contributed by atoms with Crippen molar-refractivity contribution in [2.75, 3.05) is 18.4 Å². The summed E-state index contributed by atoms with van der Waals surface area (Å²) in [6.45, 7) is 7.57. The molecule has 0 radical (unpaired) electrons. The fourth-order valence-electron chi connectivity index (χ4n) is 4.72. The topological polar surface area (TPSA) is 15.3 Å². The van der Waals surface area contributed by atoms with Crippen LogP contribution in [-0.2, 0) is 11.8 Å².